The molecule has 82 valence electrons. The van der Waals surface area contributed by atoms with Crippen molar-refractivity contribution in [1.82, 2.24) is 4.98 Å². The van der Waals surface area contributed by atoms with Crippen molar-refractivity contribution in [3.05, 3.63) is 12.0 Å². The molecule has 1 aliphatic heterocycles. The molecule has 1 aromatic heterocycles. The van der Waals surface area contributed by atoms with Crippen LogP contribution in [0.5, 0.6) is 0 Å². The quantitative estimate of drug-likeness (QED) is 0.729. The molecule has 5 nitrogen and oxygen atoms in total. The minimum Gasteiger partial charge on any atom is -0.420 e. The molecule has 2 rings (SSSR count). The maximum absolute atomic E-state index is 11.0. The Morgan fingerprint density at radius 2 is 2.53 bits per heavy atom. The standard InChI is InChI=1S/C10H15N3O2/c1-7(14)9-5-12-10(15-9)13-4-2-3-8(11)6-13/h5,8H,2-4,6,11H2,1H3. The van der Waals surface area contributed by atoms with E-state index in [9.17, 15) is 4.79 Å². The highest BCUT2D eigenvalue weighted by atomic mass is 16.4. The van der Waals surface area contributed by atoms with Gasteiger partial charge in [-0.2, -0.15) is 0 Å². The normalized spacial score (nSPS) is 21.7. The van der Waals surface area contributed by atoms with Gasteiger partial charge in [-0.3, -0.25) is 4.79 Å². The van der Waals surface area contributed by atoms with E-state index in [0.29, 0.717) is 11.8 Å². The van der Waals surface area contributed by atoms with Gasteiger partial charge in [0, 0.05) is 26.1 Å². The zero-order valence-corrected chi connectivity index (χ0v) is 8.77. The first-order chi connectivity index (χ1) is 7.16. The van der Waals surface area contributed by atoms with Gasteiger partial charge >= 0.3 is 0 Å². The highest BCUT2D eigenvalue weighted by Crippen LogP contribution is 2.19. The highest BCUT2D eigenvalue weighted by molar-refractivity contribution is 5.91. The van der Waals surface area contributed by atoms with Gasteiger partial charge in [0.1, 0.15) is 0 Å². The van der Waals surface area contributed by atoms with E-state index in [2.05, 4.69) is 4.98 Å². The fraction of sp³-hybridized carbons (Fsp3) is 0.600. The van der Waals surface area contributed by atoms with E-state index >= 15 is 0 Å². The number of rotatable bonds is 2. The number of piperidine rings is 1. The molecule has 2 N–H and O–H groups in total. The van der Waals surface area contributed by atoms with Crippen LogP contribution in [0.4, 0.5) is 6.01 Å². The van der Waals surface area contributed by atoms with Gasteiger partial charge in [-0.15, -0.1) is 0 Å². The summed E-state index contributed by atoms with van der Waals surface area (Å²) in [6, 6.07) is 0.682. The molecule has 1 atom stereocenters. The molecule has 0 saturated carbocycles. The first-order valence-electron chi connectivity index (χ1n) is 5.14. The third kappa shape index (κ3) is 2.18. The van der Waals surface area contributed by atoms with Gasteiger partial charge in [-0.25, -0.2) is 4.98 Å². The van der Waals surface area contributed by atoms with E-state index in [1.54, 1.807) is 0 Å². The Kier molecular flexibility index (Phi) is 2.73. The number of carbonyl (C=O) groups excluding carboxylic acids is 1. The first kappa shape index (κ1) is 10.2. The first-order valence-corrected chi connectivity index (χ1v) is 5.14. The molecule has 2 heterocycles. The van der Waals surface area contributed by atoms with Crippen LogP contribution in [0.2, 0.25) is 0 Å². The number of hydrogen-bond donors (Lipinski definition) is 1. The number of hydrogen-bond acceptors (Lipinski definition) is 5. The largest absolute Gasteiger partial charge is 0.420 e. The Labute approximate surface area is 88.3 Å². The lowest BCUT2D eigenvalue weighted by Crippen LogP contribution is -2.42. The number of ketones is 1. The van der Waals surface area contributed by atoms with Crippen LogP contribution < -0.4 is 10.6 Å². The lowest BCUT2D eigenvalue weighted by atomic mass is 10.1. The maximum atomic E-state index is 11.0. The molecule has 0 amide bonds. The van der Waals surface area contributed by atoms with Gasteiger partial charge in [-0.05, 0) is 12.8 Å². The van der Waals surface area contributed by atoms with E-state index in [1.165, 1.54) is 13.1 Å². The SMILES string of the molecule is CC(=O)c1cnc(N2CCCC(N)C2)o1. The summed E-state index contributed by atoms with van der Waals surface area (Å²) >= 11 is 0. The predicted molar refractivity (Wildman–Crippen MR) is 55.9 cm³/mol. The Balaban J connectivity index is 2.11. The van der Waals surface area contributed by atoms with Crippen molar-refractivity contribution in [1.29, 1.82) is 0 Å². The molecule has 0 aliphatic carbocycles. The summed E-state index contributed by atoms with van der Waals surface area (Å²) in [6.07, 6.45) is 3.55. The van der Waals surface area contributed by atoms with Crippen molar-refractivity contribution in [3.8, 4) is 0 Å². The molecule has 0 aromatic carbocycles. The van der Waals surface area contributed by atoms with E-state index < -0.39 is 0 Å². The fourth-order valence-electron chi connectivity index (χ4n) is 1.76. The van der Waals surface area contributed by atoms with E-state index in [-0.39, 0.29) is 11.8 Å². The molecule has 0 spiro atoms. The Hall–Kier alpha value is -1.36. The van der Waals surface area contributed by atoms with Crippen molar-refractivity contribution in [2.24, 2.45) is 5.73 Å². The summed E-state index contributed by atoms with van der Waals surface area (Å²) < 4.78 is 5.34. The molecule has 1 aliphatic rings. The van der Waals surface area contributed by atoms with Crippen molar-refractivity contribution in [3.63, 3.8) is 0 Å². The summed E-state index contributed by atoms with van der Waals surface area (Å²) in [7, 11) is 0. The number of nitrogens with two attached hydrogens (primary N) is 1. The Morgan fingerprint density at radius 1 is 1.73 bits per heavy atom. The minimum absolute atomic E-state index is 0.102. The van der Waals surface area contributed by atoms with Gasteiger partial charge in [0.15, 0.2) is 11.5 Å². The van der Waals surface area contributed by atoms with Crippen LogP contribution in [0.15, 0.2) is 10.6 Å². The third-order valence-electron chi connectivity index (χ3n) is 2.57. The monoisotopic (exact) mass is 209 g/mol. The molecular formula is C10H15N3O2. The van der Waals surface area contributed by atoms with Crippen LogP contribution in [0.3, 0.4) is 0 Å². The average Bonchev–Trinajstić information content (AvgIpc) is 2.66. The summed E-state index contributed by atoms with van der Waals surface area (Å²) in [5, 5.41) is 0. The second-order valence-electron chi connectivity index (χ2n) is 3.91. The van der Waals surface area contributed by atoms with Crippen LogP contribution in [0.1, 0.15) is 30.3 Å². The van der Waals surface area contributed by atoms with E-state index in [1.807, 2.05) is 4.90 Å². The zero-order valence-electron chi connectivity index (χ0n) is 8.77. The van der Waals surface area contributed by atoms with Gasteiger partial charge in [0.2, 0.25) is 0 Å². The van der Waals surface area contributed by atoms with E-state index in [0.717, 1.165) is 25.9 Å². The van der Waals surface area contributed by atoms with Gasteiger partial charge in [0.25, 0.3) is 6.01 Å². The van der Waals surface area contributed by atoms with Gasteiger partial charge < -0.3 is 15.1 Å². The topological polar surface area (TPSA) is 72.4 Å². The number of Topliss-reactive ketones (excluding diaryl/α,β-unsaturated/α-hetero) is 1. The Morgan fingerprint density at radius 3 is 3.13 bits per heavy atom. The lowest BCUT2D eigenvalue weighted by molar-refractivity contribution is 0.0987. The predicted octanol–water partition coefficient (Wildman–Crippen LogP) is 0.805. The smallest absolute Gasteiger partial charge is 0.297 e. The van der Waals surface area contributed by atoms with Gasteiger partial charge in [-0.1, -0.05) is 0 Å². The number of carbonyl (C=O) groups is 1. The summed E-state index contributed by atoms with van der Waals surface area (Å²) in [4.78, 5) is 17.1. The molecule has 0 radical (unpaired) electrons. The van der Waals surface area contributed by atoms with Gasteiger partial charge in [0.05, 0.1) is 6.20 Å². The van der Waals surface area contributed by atoms with Crippen molar-refractivity contribution < 1.29 is 9.21 Å². The van der Waals surface area contributed by atoms with Crippen LogP contribution in [-0.4, -0.2) is 29.9 Å². The highest BCUT2D eigenvalue weighted by Gasteiger charge is 2.21. The molecular weight excluding hydrogens is 194 g/mol. The zero-order chi connectivity index (χ0) is 10.8. The maximum Gasteiger partial charge on any atom is 0.297 e. The van der Waals surface area contributed by atoms with Crippen LogP contribution in [-0.2, 0) is 0 Å². The molecule has 1 saturated heterocycles. The summed E-state index contributed by atoms with van der Waals surface area (Å²) in [6.45, 7) is 3.11. The molecule has 1 fully saturated rings. The third-order valence-corrected chi connectivity index (χ3v) is 2.57. The number of nitrogens with zero attached hydrogens (tertiary/aromatic N) is 2. The van der Waals surface area contributed by atoms with Crippen LogP contribution >= 0.6 is 0 Å². The van der Waals surface area contributed by atoms with Crippen molar-refractivity contribution in [2.45, 2.75) is 25.8 Å². The molecule has 5 heteroatoms. The number of oxazole rings is 1. The minimum atomic E-state index is -0.102. The fourth-order valence-corrected chi connectivity index (χ4v) is 1.76. The summed E-state index contributed by atoms with van der Waals surface area (Å²) in [5.41, 5.74) is 5.85. The lowest BCUT2D eigenvalue weighted by Gasteiger charge is -2.29. The molecule has 1 aromatic rings. The molecule has 15 heavy (non-hydrogen) atoms. The average molecular weight is 209 g/mol. The molecule has 1 unspecified atom stereocenters. The summed E-state index contributed by atoms with van der Waals surface area (Å²) in [5.74, 6) is 0.208. The van der Waals surface area contributed by atoms with Crippen molar-refractivity contribution in [2.75, 3.05) is 18.0 Å². The van der Waals surface area contributed by atoms with Crippen molar-refractivity contribution >= 4 is 11.8 Å². The molecule has 0 bridgehead atoms. The van der Waals surface area contributed by atoms with Crippen LogP contribution in [0.25, 0.3) is 0 Å². The second kappa shape index (κ2) is 4.02. The number of aromatic nitrogens is 1. The number of anilines is 1. The van der Waals surface area contributed by atoms with Crippen LogP contribution in [0, 0.1) is 0 Å². The van der Waals surface area contributed by atoms with E-state index in [4.69, 9.17) is 10.2 Å². The second-order valence-corrected chi connectivity index (χ2v) is 3.91. The Bertz CT molecular complexity index is 361.